The Hall–Kier alpha value is -2.34. The highest BCUT2D eigenvalue weighted by atomic mass is 14.1. The topological polar surface area (TPSA) is 0 Å². The monoisotopic (exact) mass is 272 g/mol. The molecule has 104 valence electrons. The average Bonchev–Trinajstić information content (AvgIpc) is 2.49. The van der Waals surface area contributed by atoms with Gasteiger partial charge in [-0.05, 0) is 65.8 Å². The molecule has 0 aliphatic rings. The molecule has 0 atom stereocenters. The van der Waals surface area contributed by atoms with E-state index < -0.39 is 0 Å². The molecular weight excluding hydrogens is 252 g/mol. The van der Waals surface area contributed by atoms with Crippen molar-refractivity contribution in [2.45, 2.75) is 20.8 Å². The maximum absolute atomic E-state index is 2.32. The molecule has 0 aliphatic heterocycles. The third kappa shape index (κ3) is 2.62. The maximum atomic E-state index is 2.32. The van der Waals surface area contributed by atoms with Gasteiger partial charge < -0.3 is 0 Å². The SMILES string of the molecule is Cc1ccccc1-c1ccc(C)c(-c2ccccc2C)c1. The van der Waals surface area contributed by atoms with Crippen LogP contribution in [0.1, 0.15) is 16.7 Å². The van der Waals surface area contributed by atoms with Gasteiger partial charge in [0.2, 0.25) is 0 Å². The number of hydrogen-bond acceptors (Lipinski definition) is 0. The molecule has 0 nitrogen and oxygen atoms in total. The van der Waals surface area contributed by atoms with Crippen molar-refractivity contribution in [3.63, 3.8) is 0 Å². The third-order valence-corrected chi connectivity index (χ3v) is 4.13. The summed E-state index contributed by atoms with van der Waals surface area (Å²) >= 11 is 0. The second-order valence-corrected chi connectivity index (χ2v) is 5.66. The summed E-state index contributed by atoms with van der Waals surface area (Å²) in [5, 5.41) is 0. The van der Waals surface area contributed by atoms with E-state index in [9.17, 15) is 0 Å². The summed E-state index contributed by atoms with van der Waals surface area (Å²) in [4.78, 5) is 0. The number of benzene rings is 3. The molecule has 3 aromatic carbocycles. The lowest BCUT2D eigenvalue weighted by Crippen LogP contribution is -1.89. The van der Waals surface area contributed by atoms with Crippen molar-refractivity contribution < 1.29 is 0 Å². The Morgan fingerprint density at radius 3 is 1.62 bits per heavy atom. The number of aryl methyl sites for hydroxylation is 3. The van der Waals surface area contributed by atoms with Crippen LogP contribution in [0, 0.1) is 20.8 Å². The van der Waals surface area contributed by atoms with Crippen LogP contribution in [0.3, 0.4) is 0 Å². The van der Waals surface area contributed by atoms with E-state index in [2.05, 4.69) is 87.5 Å². The van der Waals surface area contributed by atoms with Crippen LogP contribution >= 0.6 is 0 Å². The van der Waals surface area contributed by atoms with Crippen molar-refractivity contribution in [1.29, 1.82) is 0 Å². The number of hydrogen-bond donors (Lipinski definition) is 0. The van der Waals surface area contributed by atoms with E-state index >= 15 is 0 Å². The lowest BCUT2D eigenvalue weighted by molar-refractivity contribution is 1.40. The van der Waals surface area contributed by atoms with Gasteiger partial charge in [-0.15, -0.1) is 0 Å². The molecule has 0 saturated heterocycles. The summed E-state index contributed by atoms with van der Waals surface area (Å²) in [5.41, 5.74) is 9.21. The minimum atomic E-state index is 1.29. The van der Waals surface area contributed by atoms with Crippen LogP contribution in [0.5, 0.6) is 0 Å². The van der Waals surface area contributed by atoms with Crippen molar-refractivity contribution >= 4 is 0 Å². The Kier molecular flexibility index (Phi) is 3.62. The molecule has 0 N–H and O–H groups in total. The first-order valence-corrected chi connectivity index (χ1v) is 7.39. The first kappa shape index (κ1) is 13.6. The van der Waals surface area contributed by atoms with E-state index in [4.69, 9.17) is 0 Å². The lowest BCUT2D eigenvalue weighted by atomic mass is 9.92. The van der Waals surface area contributed by atoms with Gasteiger partial charge in [-0.25, -0.2) is 0 Å². The zero-order valence-corrected chi connectivity index (χ0v) is 12.9. The van der Waals surface area contributed by atoms with Crippen molar-refractivity contribution in [3.05, 3.63) is 83.4 Å². The van der Waals surface area contributed by atoms with E-state index in [0.717, 1.165) is 0 Å². The Morgan fingerprint density at radius 1 is 0.476 bits per heavy atom. The van der Waals surface area contributed by atoms with E-state index in [0.29, 0.717) is 0 Å². The summed E-state index contributed by atoms with van der Waals surface area (Å²) in [6.07, 6.45) is 0. The summed E-state index contributed by atoms with van der Waals surface area (Å²) in [5.74, 6) is 0. The zero-order valence-electron chi connectivity index (χ0n) is 12.9. The molecular formula is C21H20. The second kappa shape index (κ2) is 5.57. The summed E-state index contributed by atoms with van der Waals surface area (Å²) in [7, 11) is 0. The van der Waals surface area contributed by atoms with E-state index in [1.165, 1.54) is 38.9 Å². The zero-order chi connectivity index (χ0) is 14.8. The molecule has 0 fully saturated rings. The smallest absolute Gasteiger partial charge is 0.0146 e. The van der Waals surface area contributed by atoms with Crippen LogP contribution in [-0.2, 0) is 0 Å². The van der Waals surface area contributed by atoms with Crippen LogP contribution in [0.15, 0.2) is 66.7 Å². The number of rotatable bonds is 2. The average molecular weight is 272 g/mol. The van der Waals surface area contributed by atoms with Crippen molar-refractivity contribution in [1.82, 2.24) is 0 Å². The normalized spacial score (nSPS) is 10.6. The first-order chi connectivity index (χ1) is 10.2. The Bertz CT molecular complexity index is 782. The molecule has 0 bridgehead atoms. The van der Waals surface area contributed by atoms with Crippen LogP contribution in [-0.4, -0.2) is 0 Å². The highest BCUT2D eigenvalue weighted by Crippen LogP contribution is 2.32. The summed E-state index contributed by atoms with van der Waals surface area (Å²) in [6, 6.07) is 23.9. The van der Waals surface area contributed by atoms with E-state index in [1.54, 1.807) is 0 Å². The van der Waals surface area contributed by atoms with Gasteiger partial charge in [0.05, 0.1) is 0 Å². The van der Waals surface area contributed by atoms with E-state index in [-0.39, 0.29) is 0 Å². The minimum absolute atomic E-state index is 1.29. The van der Waals surface area contributed by atoms with Gasteiger partial charge in [-0.1, -0.05) is 60.7 Å². The highest BCUT2D eigenvalue weighted by molar-refractivity contribution is 5.78. The maximum Gasteiger partial charge on any atom is -0.0146 e. The predicted molar refractivity (Wildman–Crippen MR) is 91.5 cm³/mol. The Balaban J connectivity index is 2.18. The quantitative estimate of drug-likeness (QED) is 0.541. The van der Waals surface area contributed by atoms with Gasteiger partial charge in [0.25, 0.3) is 0 Å². The fraction of sp³-hybridized carbons (Fsp3) is 0.143. The van der Waals surface area contributed by atoms with Gasteiger partial charge >= 0.3 is 0 Å². The summed E-state index contributed by atoms with van der Waals surface area (Å²) < 4.78 is 0. The molecule has 0 spiro atoms. The van der Waals surface area contributed by atoms with Gasteiger partial charge in [0.15, 0.2) is 0 Å². The molecule has 0 saturated carbocycles. The lowest BCUT2D eigenvalue weighted by Gasteiger charge is -2.13. The van der Waals surface area contributed by atoms with Crippen molar-refractivity contribution in [2.24, 2.45) is 0 Å². The molecule has 0 amide bonds. The van der Waals surface area contributed by atoms with Crippen LogP contribution in [0.2, 0.25) is 0 Å². The molecule has 0 heteroatoms. The van der Waals surface area contributed by atoms with Crippen LogP contribution in [0.25, 0.3) is 22.3 Å². The van der Waals surface area contributed by atoms with Crippen LogP contribution in [0.4, 0.5) is 0 Å². The van der Waals surface area contributed by atoms with Gasteiger partial charge in [0, 0.05) is 0 Å². The third-order valence-electron chi connectivity index (χ3n) is 4.13. The Morgan fingerprint density at radius 2 is 1.00 bits per heavy atom. The molecule has 3 rings (SSSR count). The molecule has 0 heterocycles. The fourth-order valence-electron chi connectivity index (χ4n) is 2.85. The molecule has 0 radical (unpaired) electrons. The molecule has 21 heavy (non-hydrogen) atoms. The first-order valence-electron chi connectivity index (χ1n) is 7.39. The predicted octanol–water partition coefficient (Wildman–Crippen LogP) is 5.95. The minimum Gasteiger partial charge on any atom is -0.0620 e. The van der Waals surface area contributed by atoms with E-state index in [1.807, 2.05) is 0 Å². The van der Waals surface area contributed by atoms with Crippen molar-refractivity contribution in [3.8, 4) is 22.3 Å². The van der Waals surface area contributed by atoms with Gasteiger partial charge in [-0.2, -0.15) is 0 Å². The molecule has 0 aromatic heterocycles. The van der Waals surface area contributed by atoms with Crippen molar-refractivity contribution in [2.75, 3.05) is 0 Å². The summed E-state index contributed by atoms with van der Waals surface area (Å²) in [6.45, 7) is 6.53. The highest BCUT2D eigenvalue weighted by Gasteiger charge is 2.08. The van der Waals surface area contributed by atoms with Gasteiger partial charge in [-0.3, -0.25) is 0 Å². The Labute approximate surface area is 127 Å². The largest absolute Gasteiger partial charge is 0.0620 e. The fourth-order valence-corrected chi connectivity index (χ4v) is 2.85. The van der Waals surface area contributed by atoms with Gasteiger partial charge in [0.1, 0.15) is 0 Å². The standard InChI is InChI=1S/C21H20/c1-15-8-4-6-10-19(15)18-13-12-17(3)21(14-18)20-11-7-5-9-16(20)2/h4-14H,1-3H3. The molecule has 0 aliphatic carbocycles. The second-order valence-electron chi connectivity index (χ2n) is 5.66. The van der Waals surface area contributed by atoms with Crippen LogP contribution < -0.4 is 0 Å². The molecule has 0 unspecified atom stereocenters. The molecule has 3 aromatic rings.